The number of hydrogen-bond donors (Lipinski definition) is 1. The lowest BCUT2D eigenvalue weighted by Crippen LogP contribution is -2.13. The molecule has 0 atom stereocenters. The van der Waals surface area contributed by atoms with Crippen molar-refractivity contribution in [2.45, 2.75) is 26.1 Å². The molecule has 2 N–H and O–H groups in total. The number of halogens is 3. The van der Waals surface area contributed by atoms with Gasteiger partial charge in [-0.05, 0) is 32.0 Å². The summed E-state index contributed by atoms with van der Waals surface area (Å²) in [6.07, 6.45) is -2.92. The summed E-state index contributed by atoms with van der Waals surface area (Å²) in [5.74, 6) is 3.79. The van der Waals surface area contributed by atoms with Gasteiger partial charge < -0.3 is 9.40 Å². The molecule has 0 saturated carbocycles. The number of fused-ring (bicyclic) bond motifs is 1. The third kappa shape index (κ3) is 2.36. The summed E-state index contributed by atoms with van der Waals surface area (Å²) in [6, 6.07) is 3.30. The van der Waals surface area contributed by atoms with Crippen LogP contribution in [0.15, 0.2) is 24.4 Å². The summed E-state index contributed by atoms with van der Waals surface area (Å²) in [5.41, 5.74) is -0.794. The standard InChI is InChI=1S/C13H13F3N2O2/c1-7(2)18-4-3-9-10(12(19)20-17)5-8(6-11(9)18)13(14,15)16/h3-7H,17H2,1-2H3. The normalized spacial score (nSPS) is 12.2. The van der Waals surface area contributed by atoms with Crippen molar-refractivity contribution in [3.8, 4) is 0 Å². The predicted molar refractivity (Wildman–Crippen MR) is 66.9 cm³/mol. The predicted octanol–water partition coefficient (Wildman–Crippen LogP) is 3.27. The Morgan fingerprint density at radius 3 is 2.50 bits per heavy atom. The van der Waals surface area contributed by atoms with E-state index < -0.39 is 17.7 Å². The van der Waals surface area contributed by atoms with E-state index in [0.717, 1.165) is 12.1 Å². The quantitative estimate of drug-likeness (QED) is 0.862. The Kier molecular flexibility index (Phi) is 3.47. The fourth-order valence-electron chi connectivity index (χ4n) is 2.11. The molecule has 108 valence electrons. The van der Waals surface area contributed by atoms with Gasteiger partial charge in [-0.2, -0.15) is 19.1 Å². The van der Waals surface area contributed by atoms with Gasteiger partial charge in [0.05, 0.1) is 11.1 Å². The SMILES string of the molecule is CC(C)n1ccc2c(C(=O)ON)cc(C(F)(F)F)cc21. The van der Waals surface area contributed by atoms with Crippen molar-refractivity contribution in [2.24, 2.45) is 5.90 Å². The molecule has 4 nitrogen and oxygen atoms in total. The highest BCUT2D eigenvalue weighted by Gasteiger charge is 2.33. The lowest BCUT2D eigenvalue weighted by molar-refractivity contribution is -0.137. The van der Waals surface area contributed by atoms with Gasteiger partial charge in [0.2, 0.25) is 0 Å². The zero-order chi connectivity index (χ0) is 15.1. The number of alkyl halides is 3. The van der Waals surface area contributed by atoms with Gasteiger partial charge in [-0.3, -0.25) is 0 Å². The summed E-state index contributed by atoms with van der Waals surface area (Å²) < 4.78 is 40.4. The van der Waals surface area contributed by atoms with E-state index >= 15 is 0 Å². The van der Waals surface area contributed by atoms with Gasteiger partial charge in [0.1, 0.15) is 0 Å². The van der Waals surface area contributed by atoms with Crippen molar-refractivity contribution in [1.82, 2.24) is 4.57 Å². The first-order valence-corrected chi connectivity index (χ1v) is 5.88. The third-order valence-electron chi connectivity index (χ3n) is 3.05. The Labute approximate surface area is 112 Å². The molecule has 2 rings (SSSR count). The molecular formula is C13H13F3N2O2. The molecule has 0 aliphatic carbocycles. The van der Waals surface area contributed by atoms with E-state index in [1.54, 1.807) is 16.8 Å². The van der Waals surface area contributed by atoms with Crippen LogP contribution in [0.25, 0.3) is 10.9 Å². The van der Waals surface area contributed by atoms with E-state index in [1.165, 1.54) is 0 Å². The van der Waals surface area contributed by atoms with Gasteiger partial charge >= 0.3 is 12.1 Å². The molecular weight excluding hydrogens is 273 g/mol. The molecule has 1 aromatic carbocycles. The molecule has 0 aliphatic rings. The first kappa shape index (κ1) is 14.4. The molecule has 0 fully saturated rings. The van der Waals surface area contributed by atoms with Crippen LogP contribution < -0.4 is 5.90 Å². The van der Waals surface area contributed by atoms with Crippen LogP contribution in [0.2, 0.25) is 0 Å². The minimum atomic E-state index is -4.55. The van der Waals surface area contributed by atoms with Gasteiger partial charge in [-0.25, -0.2) is 4.79 Å². The second-order valence-electron chi connectivity index (χ2n) is 4.68. The number of carbonyl (C=O) groups is 1. The Hall–Kier alpha value is -2.02. The van der Waals surface area contributed by atoms with Crippen LogP contribution in [0, 0.1) is 0 Å². The van der Waals surface area contributed by atoms with E-state index in [2.05, 4.69) is 4.84 Å². The summed E-state index contributed by atoms with van der Waals surface area (Å²) >= 11 is 0. The minimum absolute atomic E-state index is 0.0438. The number of carbonyl (C=O) groups excluding carboxylic acids is 1. The van der Waals surface area contributed by atoms with Crippen molar-refractivity contribution in [1.29, 1.82) is 0 Å². The van der Waals surface area contributed by atoms with Gasteiger partial charge in [0, 0.05) is 23.1 Å². The topological polar surface area (TPSA) is 57.2 Å². The Bertz CT molecular complexity index is 659. The second kappa shape index (κ2) is 4.82. The van der Waals surface area contributed by atoms with Crippen LogP contribution >= 0.6 is 0 Å². The minimum Gasteiger partial charge on any atom is -0.370 e. The maximum absolute atomic E-state index is 12.9. The van der Waals surface area contributed by atoms with Crippen molar-refractivity contribution >= 4 is 16.9 Å². The monoisotopic (exact) mass is 286 g/mol. The van der Waals surface area contributed by atoms with E-state index in [1.807, 2.05) is 13.8 Å². The summed E-state index contributed by atoms with van der Waals surface area (Å²) in [4.78, 5) is 15.6. The van der Waals surface area contributed by atoms with Crippen molar-refractivity contribution in [3.05, 3.63) is 35.5 Å². The lowest BCUT2D eigenvalue weighted by atomic mass is 10.1. The number of nitrogens with zero attached hydrogens (tertiary/aromatic N) is 1. The summed E-state index contributed by atoms with van der Waals surface area (Å²) in [6.45, 7) is 3.67. The van der Waals surface area contributed by atoms with Gasteiger partial charge in [-0.15, -0.1) is 0 Å². The lowest BCUT2D eigenvalue weighted by Gasteiger charge is -2.13. The number of aromatic nitrogens is 1. The molecule has 1 heterocycles. The van der Waals surface area contributed by atoms with Crippen LogP contribution in [-0.2, 0) is 11.0 Å². The average Bonchev–Trinajstić information content (AvgIpc) is 2.79. The zero-order valence-electron chi connectivity index (χ0n) is 10.9. The molecule has 0 aliphatic heterocycles. The number of rotatable bonds is 2. The van der Waals surface area contributed by atoms with Crippen LogP contribution in [0.3, 0.4) is 0 Å². The van der Waals surface area contributed by atoms with Crippen LogP contribution in [0.4, 0.5) is 13.2 Å². The molecule has 0 radical (unpaired) electrons. The molecule has 0 spiro atoms. The number of benzene rings is 1. The van der Waals surface area contributed by atoms with Crippen LogP contribution in [-0.4, -0.2) is 10.5 Å². The van der Waals surface area contributed by atoms with Gasteiger partial charge in [0.15, 0.2) is 0 Å². The summed E-state index contributed by atoms with van der Waals surface area (Å²) in [7, 11) is 0. The molecule has 1 aromatic heterocycles. The maximum Gasteiger partial charge on any atom is 0.416 e. The molecule has 0 amide bonds. The van der Waals surface area contributed by atoms with E-state index in [0.29, 0.717) is 10.9 Å². The van der Waals surface area contributed by atoms with Gasteiger partial charge in [-0.1, -0.05) is 0 Å². The molecule has 0 saturated heterocycles. The molecule has 0 unspecified atom stereocenters. The van der Waals surface area contributed by atoms with E-state index in [4.69, 9.17) is 5.90 Å². The molecule has 2 aromatic rings. The smallest absolute Gasteiger partial charge is 0.370 e. The largest absolute Gasteiger partial charge is 0.416 e. The Morgan fingerprint density at radius 2 is 2.00 bits per heavy atom. The Morgan fingerprint density at radius 1 is 1.35 bits per heavy atom. The Balaban J connectivity index is 2.80. The first-order chi connectivity index (χ1) is 9.25. The highest BCUT2D eigenvalue weighted by Crippen LogP contribution is 2.34. The van der Waals surface area contributed by atoms with E-state index in [9.17, 15) is 18.0 Å². The van der Waals surface area contributed by atoms with Crippen LogP contribution in [0.5, 0.6) is 0 Å². The first-order valence-electron chi connectivity index (χ1n) is 5.88. The fourth-order valence-corrected chi connectivity index (χ4v) is 2.11. The average molecular weight is 286 g/mol. The zero-order valence-corrected chi connectivity index (χ0v) is 10.9. The highest BCUT2D eigenvalue weighted by atomic mass is 19.4. The number of nitrogens with two attached hydrogens (primary N) is 1. The van der Waals surface area contributed by atoms with Crippen LogP contribution in [0.1, 0.15) is 35.8 Å². The third-order valence-corrected chi connectivity index (χ3v) is 3.05. The van der Waals surface area contributed by atoms with Crippen molar-refractivity contribution in [2.75, 3.05) is 0 Å². The van der Waals surface area contributed by atoms with E-state index in [-0.39, 0.29) is 11.6 Å². The molecule has 20 heavy (non-hydrogen) atoms. The summed E-state index contributed by atoms with van der Waals surface area (Å²) in [5, 5.41) is 0.377. The molecule has 7 heteroatoms. The van der Waals surface area contributed by atoms with Crippen molar-refractivity contribution in [3.63, 3.8) is 0 Å². The van der Waals surface area contributed by atoms with Crippen molar-refractivity contribution < 1.29 is 22.8 Å². The number of hydrogen-bond acceptors (Lipinski definition) is 3. The molecule has 0 bridgehead atoms. The maximum atomic E-state index is 12.9. The van der Waals surface area contributed by atoms with Gasteiger partial charge in [0.25, 0.3) is 0 Å². The fraction of sp³-hybridized carbons (Fsp3) is 0.308. The highest BCUT2D eigenvalue weighted by molar-refractivity contribution is 6.04. The second-order valence-corrected chi connectivity index (χ2v) is 4.68.